The van der Waals surface area contributed by atoms with E-state index in [0.29, 0.717) is 18.4 Å². The maximum atomic E-state index is 12.7. The number of hydrogen-bond donors (Lipinski definition) is 1. The van der Waals surface area contributed by atoms with E-state index in [1.54, 1.807) is 30.3 Å². The van der Waals surface area contributed by atoms with Gasteiger partial charge in [0.25, 0.3) is 5.69 Å². The van der Waals surface area contributed by atoms with E-state index in [1.165, 1.54) is 28.7 Å². The number of nitro groups is 1. The molecule has 0 bridgehead atoms. The largest absolute Gasteiger partial charge is 0.273 e. The topological polar surface area (TPSA) is 122 Å². The van der Waals surface area contributed by atoms with Gasteiger partial charge in [0.15, 0.2) is 0 Å². The highest BCUT2D eigenvalue weighted by atomic mass is 79.9. The zero-order valence-corrected chi connectivity index (χ0v) is 18.2. The number of rotatable bonds is 6. The summed E-state index contributed by atoms with van der Waals surface area (Å²) in [6.45, 7) is 0.482. The molecule has 3 rings (SSSR count). The fraction of sp³-hybridized carbons (Fsp3) is 0.263. The lowest BCUT2D eigenvalue weighted by atomic mass is 9.98. The van der Waals surface area contributed by atoms with E-state index in [4.69, 9.17) is 0 Å². The molecule has 2 aromatic carbocycles. The van der Waals surface area contributed by atoms with Crippen LogP contribution in [0.15, 0.2) is 63.0 Å². The lowest BCUT2D eigenvalue weighted by Gasteiger charge is -2.30. The highest BCUT2D eigenvalue weighted by Gasteiger charge is 2.32. The summed E-state index contributed by atoms with van der Waals surface area (Å²) in [6.07, 6.45) is 2.10. The Hall–Kier alpha value is -2.63. The molecule has 1 fully saturated rings. The average Bonchev–Trinajstić information content (AvgIpc) is 2.74. The minimum atomic E-state index is -3.60. The first-order valence-corrected chi connectivity index (χ1v) is 11.3. The normalized spacial score (nSPS) is 15.9. The van der Waals surface area contributed by atoms with Crippen LogP contribution in [0.4, 0.5) is 5.69 Å². The molecule has 9 nitrogen and oxygen atoms in total. The molecular formula is C19H19BrN4O5S. The molecule has 0 saturated carbocycles. The fourth-order valence-corrected chi connectivity index (χ4v) is 4.83. The molecule has 158 valence electrons. The quantitative estimate of drug-likeness (QED) is 0.375. The van der Waals surface area contributed by atoms with Gasteiger partial charge in [-0.05, 0) is 37.1 Å². The van der Waals surface area contributed by atoms with Crippen LogP contribution >= 0.6 is 15.9 Å². The van der Waals surface area contributed by atoms with E-state index >= 15 is 0 Å². The van der Waals surface area contributed by atoms with Crippen molar-refractivity contribution in [2.45, 2.75) is 17.7 Å². The SMILES string of the molecule is O=C(N/N=C\c1cccc([N+](=O)[O-])c1)C1CCN(S(=O)(=O)c2ccc(Br)cc2)CC1. The van der Waals surface area contributed by atoms with Crippen molar-refractivity contribution in [2.75, 3.05) is 13.1 Å². The van der Waals surface area contributed by atoms with Crippen LogP contribution in [0.3, 0.4) is 0 Å². The Morgan fingerprint density at radius 1 is 1.20 bits per heavy atom. The molecule has 1 aliphatic heterocycles. The second-order valence-electron chi connectivity index (χ2n) is 6.72. The van der Waals surface area contributed by atoms with Gasteiger partial charge in [-0.1, -0.05) is 28.1 Å². The molecule has 1 amide bonds. The number of nitro benzene ring substituents is 1. The number of benzene rings is 2. The summed E-state index contributed by atoms with van der Waals surface area (Å²) in [4.78, 5) is 22.8. The third kappa shape index (κ3) is 5.29. The molecule has 0 unspecified atom stereocenters. The van der Waals surface area contributed by atoms with Crippen molar-refractivity contribution >= 4 is 43.8 Å². The van der Waals surface area contributed by atoms with Gasteiger partial charge in [0.2, 0.25) is 15.9 Å². The van der Waals surface area contributed by atoms with Gasteiger partial charge in [0.05, 0.1) is 16.0 Å². The smallest absolute Gasteiger partial charge is 0.270 e. The molecule has 2 aromatic rings. The number of halogens is 1. The van der Waals surface area contributed by atoms with E-state index < -0.39 is 14.9 Å². The van der Waals surface area contributed by atoms with Crippen LogP contribution in [-0.2, 0) is 14.8 Å². The zero-order chi connectivity index (χ0) is 21.7. The molecule has 1 saturated heterocycles. The van der Waals surface area contributed by atoms with Crippen molar-refractivity contribution in [3.63, 3.8) is 0 Å². The fourth-order valence-electron chi connectivity index (χ4n) is 3.09. The van der Waals surface area contributed by atoms with Crippen LogP contribution in [-0.4, -0.2) is 42.9 Å². The minimum Gasteiger partial charge on any atom is -0.273 e. The van der Waals surface area contributed by atoms with E-state index in [9.17, 15) is 23.3 Å². The van der Waals surface area contributed by atoms with E-state index in [-0.39, 0.29) is 35.5 Å². The summed E-state index contributed by atoms with van der Waals surface area (Å²) in [7, 11) is -3.60. The standard InChI is InChI=1S/C19H19BrN4O5S/c20-16-4-6-18(7-5-16)30(28,29)23-10-8-15(9-11-23)19(25)22-21-13-14-2-1-3-17(12-14)24(26)27/h1-7,12-13,15H,8-11H2,(H,22,25)/b21-13-. The van der Waals surface area contributed by atoms with Crippen LogP contribution in [0.5, 0.6) is 0 Å². The van der Waals surface area contributed by atoms with Crippen molar-refractivity contribution in [3.05, 3.63) is 68.7 Å². The molecule has 0 aromatic heterocycles. The lowest BCUT2D eigenvalue weighted by Crippen LogP contribution is -2.42. The lowest BCUT2D eigenvalue weighted by molar-refractivity contribution is -0.384. The number of non-ortho nitro benzene ring substituents is 1. The van der Waals surface area contributed by atoms with E-state index in [1.807, 2.05) is 0 Å². The highest BCUT2D eigenvalue weighted by molar-refractivity contribution is 9.10. The first-order valence-electron chi connectivity index (χ1n) is 9.10. The first kappa shape index (κ1) is 22.1. The third-order valence-corrected chi connectivity index (χ3v) is 7.19. The molecule has 0 spiro atoms. The van der Waals surface area contributed by atoms with E-state index in [2.05, 4.69) is 26.5 Å². The summed E-state index contributed by atoms with van der Waals surface area (Å²) in [6, 6.07) is 12.3. The van der Waals surface area contributed by atoms with Gasteiger partial charge in [0, 0.05) is 41.2 Å². The number of carbonyl (C=O) groups is 1. The van der Waals surface area contributed by atoms with Crippen molar-refractivity contribution in [1.82, 2.24) is 9.73 Å². The molecule has 0 aliphatic carbocycles. The van der Waals surface area contributed by atoms with Crippen molar-refractivity contribution < 1.29 is 18.1 Å². The maximum absolute atomic E-state index is 12.7. The Balaban J connectivity index is 1.54. The number of hydrogen-bond acceptors (Lipinski definition) is 6. The number of sulfonamides is 1. The summed E-state index contributed by atoms with van der Waals surface area (Å²) in [5.74, 6) is -0.666. The summed E-state index contributed by atoms with van der Waals surface area (Å²) in [5, 5.41) is 14.6. The second-order valence-corrected chi connectivity index (χ2v) is 9.57. The Morgan fingerprint density at radius 3 is 2.50 bits per heavy atom. The van der Waals surface area contributed by atoms with Crippen LogP contribution in [0.2, 0.25) is 0 Å². The molecule has 0 radical (unpaired) electrons. The third-order valence-electron chi connectivity index (χ3n) is 4.75. The number of nitrogens with one attached hydrogen (secondary N) is 1. The monoisotopic (exact) mass is 494 g/mol. The molecule has 1 aliphatic rings. The molecule has 1 heterocycles. The van der Waals surface area contributed by atoms with Gasteiger partial charge in [-0.15, -0.1) is 0 Å². The number of amides is 1. The average molecular weight is 495 g/mol. The van der Waals surface area contributed by atoms with Gasteiger partial charge >= 0.3 is 0 Å². The number of carbonyl (C=O) groups excluding carboxylic acids is 1. The number of nitrogens with zero attached hydrogens (tertiary/aromatic N) is 3. The predicted molar refractivity (Wildman–Crippen MR) is 114 cm³/mol. The summed E-state index contributed by atoms with van der Waals surface area (Å²) >= 11 is 3.28. The number of hydrazone groups is 1. The Kier molecular flexibility index (Phi) is 6.95. The Morgan fingerprint density at radius 2 is 1.87 bits per heavy atom. The van der Waals surface area contributed by atoms with Crippen LogP contribution in [0.1, 0.15) is 18.4 Å². The van der Waals surface area contributed by atoms with Crippen LogP contribution in [0, 0.1) is 16.0 Å². The van der Waals surface area contributed by atoms with Crippen LogP contribution in [0.25, 0.3) is 0 Å². The number of piperidine rings is 1. The van der Waals surface area contributed by atoms with Crippen LogP contribution < -0.4 is 5.43 Å². The van der Waals surface area contributed by atoms with Gasteiger partial charge < -0.3 is 0 Å². The highest BCUT2D eigenvalue weighted by Crippen LogP contribution is 2.25. The predicted octanol–water partition coefficient (Wildman–Crippen LogP) is 2.91. The minimum absolute atomic E-state index is 0.0652. The maximum Gasteiger partial charge on any atom is 0.270 e. The van der Waals surface area contributed by atoms with Gasteiger partial charge in [-0.25, -0.2) is 13.8 Å². The van der Waals surface area contributed by atoms with Gasteiger partial charge in [-0.3, -0.25) is 14.9 Å². The van der Waals surface area contributed by atoms with Gasteiger partial charge in [0.1, 0.15) is 0 Å². The zero-order valence-electron chi connectivity index (χ0n) is 15.8. The van der Waals surface area contributed by atoms with Crippen molar-refractivity contribution in [3.8, 4) is 0 Å². The van der Waals surface area contributed by atoms with Gasteiger partial charge in [-0.2, -0.15) is 9.41 Å². The van der Waals surface area contributed by atoms with Crippen molar-refractivity contribution in [1.29, 1.82) is 0 Å². The molecule has 1 N–H and O–H groups in total. The second kappa shape index (κ2) is 9.45. The molecule has 0 atom stereocenters. The first-order chi connectivity index (χ1) is 14.3. The molecule has 11 heteroatoms. The summed E-state index contributed by atoms with van der Waals surface area (Å²) < 4.78 is 27.6. The summed E-state index contributed by atoms with van der Waals surface area (Å²) in [5.41, 5.74) is 2.85. The molecule has 30 heavy (non-hydrogen) atoms. The molecular weight excluding hydrogens is 476 g/mol. The Bertz CT molecular complexity index is 1060. The Labute approximate surface area is 182 Å². The van der Waals surface area contributed by atoms with Crippen molar-refractivity contribution in [2.24, 2.45) is 11.0 Å². The van der Waals surface area contributed by atoms with E-state index in [0.717, 1.165) is 4.47 Å².